The molecule has 2 aromatic heterocycles. The molecule has 37 heavy (non-hydrogen) atoms. The number of oxazole rings is 1. The number of hydrogen-bond acceptors (Lipinski definition) is 7. The summed E-state index contributed by atoms with van der Waals surface area (Å²) >= 11 is 0. The molecule has 190 valence electrons. The number of ether oxygens (including phenoxy) is 1. The monoisotopic (exact) mass is 498 g/mol. The third kappa shape index (κ3) is 5.80. The van der Waals surface area contributed by atoms with Crippen LogP contribution in [-0.2, 0) is 17.6 Å². The van der Waals surface area contributed by atoms with Gasteiger partial charge in [0.05, 0.1) is 18.2 Å². The SMILES string of the molecule is Cc1ccnc(N2C[C@H](C(=O)O)C[C@H]2Cc2ccc(OCCc3nc(-c4ccccc4)oc3C)cc2)n1. The van der Waals surface area contributed by atoms with Crippen LogP contribution in [0.3, 0.4) is 0 Å². The van der Waals surface area contributed by atoms with Crippen molar-refractivity contribution in [2.75, 3.05) is 18.1 Å². The highest BCUT2D eigenvalue weighted by atomic mass is 16.5. The molecular weight excluding hydrogens is 468 g/mol. The molecule has 0 amide bonds. The summed E-state index contributed by atoms with van der Waals surface area (Å²) in [5, 5.41) is 9.60. The van der Waals surface area contributed by atoms with Crippen LogP contribution in [0.15, 0.2) is 71.3 Å². The average Bonchev–Trinajstić information content (AvgIpc) is 3.49. The van der Waals surface area contributed by atoms with Crippen molar-refractivity contribution >= 4 is 11.9 Å². The van der Waals surface area contributed by atoms with Crippen molar-refractivity contribution in [3.63, 3.8) is 0 Å². The van der Waals surface area contributed by atoms with Crippen LogP contribution < -0.4 is 9.64 Å². The Bertz CT molecular complexity index is 1350. The molecule has 3 heterocycles. The number of aryl methyl sites for hydroxylation is 2. The van der Waals surface area contributed by atoms with Crippen molar-refractivity contribution in [3.8, 4) is 17.2 Å². The van der Waals surface area contributed by atoms with E-state index in [0.29, 0.717) is 44.3 Å². The van der Waals surface area contributed by atoms with Gasteiger partial charge in [-0.25, -0.2) is 15.0 Å². The van der Waals surface area contributed by atoms with Crippen molar-refractivity contribution in [2.24, 2.45) is 5.92 Å². The quantitative estimate of drug-likeness (QED) is 0.348. The van der Waals surface area contributed by atoms with E-state index in [4.69, 9.17) is 9.15 Å². The third-order valence-electron chi connectivity index (χ3n) is 6.72. The summed E-state index contributed by atoms with van der Waals surface area (Å²) in [5.41, 5.74) is 3.82. The highest BCUT2D eigenvalue weighted by molar-refractivity contribution is 5.72. The molecule has 0 radical (unpaired) electrons. The van der Waals surface area contributed by atoms with Crippen LogP contribution >= 0.6 is 0 Å². The van der Waals surface area contributed by atoms with E-state index in [1.54, 1.807) is 6.20 Å². The van der Waals surface area contributed by atoms with Gasteiger partial charge >= 0.3 is 5.97 Å². The highest BCUT2D eigenvalue weighted by Gasteiger charge is 2.37. The number of aliphatic carboxylic acids is 1. The number of carbonyl (C=O) groups is 1. The molecule has 0 unspecified atom stereocenters. The van der Waals surface area contributed by atoms with Gasteiger partial charge in [-0.3, -0.25) is 4.79 Å². The van der Waals surface area contributed by atoms with Crippen molar-refractivity contribution in [1.82, 2.24) is 15.0 Å². The predicted molar refractivity (Wildman–Crippen MR) is 140 cm³/mol. The largest absolute Gasteiger partial charge is 0.493 e. The first-order valence-corrected chi connectivity index (χ1v) is 12.5. The van der Waals surface area contributed by atoms with Gasteiger partial charge in [-0.15, -0.1) is 0 Å². The molecule has 0 bridgehead atoms. The Labute approximate surface area is 216 Å². The molecule has 2 atom stereocenters. The molecule has 4 aromatic rings. The third-order valence-corrected chi connectivity index (χ3v) is 6.72. The number of rotatable bonds is 9. The summed E-state index contributed by atoms with van der Waals surface area (Å²) in [6.07, 6.45) is 3.64. The molecule has 1 aliphatic rings. The fourth-order valence-corrected chi connectivity index (χ4v) is 4.73. The second-order valence-electron chi connectivity index (χ2n) is 9.41. The van der Waals surface area contributed by atoms with Gasteiger partial charge in [0.15, 0.2) is 0 Å². The zero-order chi connectivity index (χ0) is 25.8. The Morgan fingerprint density at radius 1 is 1.08 bits per heavy atom. The molecule has 1 fully saturated rings. The van der Waals surface area contributed by atoms with E-state index in [-0.39, 0.29) is 6.04 Å². The fourth-order valence-electron chi connectivity index (χ4n) is 4.73. The topological polar surface area (TPSA) is 102 Å². The summed E-state index contributed by atoms with van der Waals surface area (Å²) in [6, 6.07) is 19.7. The zero-order valence-electron chi connectivity index (χ0n) is 21.0. The van der Waals surface area contributed by atoms with Crippen LogP contribution in [0.5, 0.6) is 5.75 Å². The lowest BCUT2D eigenvalue weighted by molar-refractivity contribution is -0.141. The van der Waals surface area contributed by atoms with Gasteiger partial charge in [0, 0.05) is 36.5 Å². The maximum atomic E-state index is 11.7. The van der Waals surface area contributed by atoms with Gasteiger partial charge in [-0.2, -0.15) is 0 Å². The van der Waals surface area contributed by atoms with Crippen molar-refractivity contribution in [1.29, 1.82) is 0 Å². The summed E-state index contributed by atoms with van der Waals surface area (Å²) in [7, 11) is 0. The molecule has 1 N–H and O–H groups in total. The molecule has 1 aliphatic heterocycles. The van der Waals surface area contributed by atoms with E-state index in [1.807, 2.05) is 79.4 Å². The van der Waals surface area contributed by atoms with E-state index in [1.165, 1.54) is 0 Å². The van der Waals surface area contributed by atoms with Crippen LogP contribution in [0.25, 0.3) is 11.5 Å². The van der Waals surface area contributed by atoms with Gasteiger partial charge in [0.25, 0.3) is 0 Å². The normalized spacial score (nSPS) is 17.2. The Morgan fingerprint density at radius 2 is 1.86 bits per heavy atom. The Balaban J connectivity index is 1.19. The first-order chi connectivity index (χ1) is 18.0. The van der Waals surface area contributed by atoms with Crippen LogP contribution in [0, 0.1) is 19.8 Å². The van der Waals surface area contributed by atoms with E-state index in [2.05, 4.69) is 15.0 Å². The Hall–Kier alpha value is -4.20. The number of carboxylic acids is 1. The van der Waals surface area contributed by atoms with Crippen LogP contribution in [0.1, 0.15) is 29.1 Å². The smallest absolute Gasteiger partial charge is 0.308 e. The van der Waals surface area contributed by atoms with Gasteiger partial charge in [-0.05, 0) is 62.6 Å². The van der Waals surface area contributed by atoms with Crippen LogP contribution in [-0.4, -0.2) is 45.2 Å². The molecule has 0 spiro atoms. The fraction of sp³-hybridized carbons (Fsp3) is 0.310. The number of aromatic nitrogens is 3. The Kier molecular flexibility index (Phi) is 7.16. The lowest BCUT2D eigenvalue weighted by Gasteiger charge is -2.24. The molecule has 2 aromatic carbocycles. The minimum atomic E-state index is -0.776. The standard InChI is InChI=1S/C29H30N4O4/c1-19-12-14-30-29(31-19)33-18-23(28(34)35)17-24(33)16-21-8-10-25(11-9-21)36-15-13-26-20(2)37-27(32-26)22-6-4-3-5-7-22/h3-12,14,23-24H,13,15-18H2,1-2H3,(H,34,35)/t23-,24-/m1/s1. The van der Waals surface area contributed by atoms with Crippen LogP contribution in [0.4, 0.5) is 5.95 Å². The maximum Gasteiger partial charge on any atom is 0.308 e. The lowest BCUT2D eigenvalue weighted by atomic mass is 10.00. The lowest BCUT2D eigenvalue weighted by Crippen LogP contribution is -2.33. The van der Waals surface area contributed by atoms with Gasteiger partial charge < -0.3 is 19.2 Å². The average molecular weight is 499 g/mol. The van der Waals surface area contributed by atoms with E-state index >= 15 is 0 Å². The highest BCUT2D eigenvalue weighted by Crippen LogP contribution is 2.30. The number of benzene rings is 2. The minimum Gasteiger partial charge on any atom is -0.493 e. The molecule has 0 saturated carbocycles. The van der Waals surface area contributed by atoms with E-state index in [0.717, 1.165) is 34.0 Å². The summed E-state index contributed by atoms with van der Waals surface area (Å²) in [6.45, 7) is 4.74. The Morgan fingerprint density at radius 3 is 2.59 bits per heavy atom. The van der Waals surface area contributed by atoms with Crippen molar-refractivity contribution in [2.45, 2.75) is 39.2 Å². The first kappa shape index (κ1) is 24.5. The number of anilines is 1. The van der Waals surface area contributed by atoms with Crippen molar-refractivity contribution in [3.05, 3.63) is 89.6 Å². The molecular formula is C29H30N4O4. The second kappa shape index (κ2) is 10.8. The minimum absolute atomic E-state index is 0.0172. The number of hydrogen-bond donors (Lipinski definition) is 1. The summed E-state index contributed by atoms with van der Waals surface area (Å²) in [5.74, 6) is 1.59. The zero-order valence-corrected chi connectivity index (χ0v) is 21.0. The van der Waals surface area contributed by atoms with Gasteiger partial charge in [0.2, 0.25) is 11.8 Å². The van der Waals surface area contributed by atoms with Crippen molar-refractivity contribution < 1.29 is 19.1 Å². The van der Waals surface area contributed by atoms with Gasteiger partial charge in [0.1, 0.15) is 11.5 Å². The molecule has 5 rings (SSSR count). The predicted octanol–water partition coefficient (Wildman–Crippen LogP) is 4.89. The van der Waals surface area contributed by atoms with E-state index in [9.17, 15) is 9.90 Å². The van der Waals surface area contributed by atoms with Gasteiger partial charge in [-0.1, -0.05) is 30.3 Å². The first-order valence-electron chi connectivity index (χ1n) is 12.5. The summed E-state index contributed by atoms with van der Waals surface area (Å²) < 4.78 is 11.8. The molecule has 8 nitrogen and oxygen atoms in total. The molecule has 1 saturated heterocycles. The second-order valence-corrected chi connectivity index (χ2v) is 9.41. The van der Waals surface area contributed by atoms with Crippen LogP contribution in [0.2, 0.25) is 0 Å². The van der Waals surface area contributed by atoms with E-state index < -0.39 is 11.9 Å². The number of carboxylic acid groups (broad SMARTS) is 1. The molecule has 0 aliphatic carbocycles. The maximum absolute atomic E-state index is 11.7. The summed E-state index contributed by atoms with van der Waals surface area (Å²) in [4.78, 5) is 27.3. The molecule has 8 heteroatoms. The number of nitrogens with zero attached hydrogens (tertiary/aromatic N) is 4.